The molecule has 0 heterocycles. The fourth-order valence-electron chi connectivity index (χ4n) is 1.99. The lowest BCUT2D eigenvalue weighted by Crippen LogP contribution is -2.12. The lowest BCUT2D eigenvalue weighted by Gasteiger charge is -2.13. The normalized spacial score (nSPS) is 19.1. The fourth-order valence-corrected chi connectivity index (χ4v) is 3.18. The Hall–Kier alpha value is -0.180. The van der Waals surface area contributed by atoms with Crippen LogP contribution in [0.2, 0.25) is 0 Å². The van der Waals surface area contributed by atoms with Gasteiger partial charge in [0.05, 0.1) is 13.0 Å². The summed E-state index contributed by atoms with van der Waals surface area (Å²) in [7, 11) is 0. The molecule has 88 valence electrons. The molecular formula is C12H22O2S. The molecule has 0 aromatic rings. The predicted octanol–water partition coefficient (Wildman–Crippen LogP) is 3.25. The van der Waals surface area contributed by atoms with Gasteiger partial charge in [-0.2, -0.15) is 11.8 Å². The zero-order chi connectivity index (χ0) is 11.1. The Bertz CT molecular complexity index is 188. The molecule has 0 N–H and O–H groups in total. The predicted molar refractivity (Wildman–Crippen MR) is 65.1 cm³/mol. The van der Waals surface area contributed by atoms with E-state index in [1.54, 1.807) is 0 Å². The van der Waals surface area contributed by atoms with E-state index in [9.17, 15) is 4.79 Å². The average molecular weight is 230 g/mol. The number of rotatable bonds is 6. The van der Waals surface area contributed by atoms with E-state index in [-0.39, 0.29) is 5.97 Å². The average Bonchev–Trinajstić information content (AvgIpc) is 2.67. The summed E-state index contributed by atoms with van der Waals surface area (Å²) in [5.74, 6) is 2.07. The maximum Gasteiger partial charge on any atom is 0.306 e. The fraction of sp³-hybridized carbons (Fsp3) is 0.917. The maximum atomic E-state index is 11.2. The van der Waals surface area contributed by atoms with Gasteiger partial charge in [0.25, 0.3) is 0 Å². The van der Waals surface area contributed by atoms with Gasteiger partial charge in [-0.15, -0.1) is 0 Å². The Kier molecular flexibility index (Phi) is 6.15. The van der Waals surface area contributed by atoms with Crippen molar-refractivity contribution in [2.45, 2.75) is 51.2 Å². The number of ether oxygens (including phenoxy) is 1. The Morgan fingerprint density at radius 2 is 2.13 bits per heavy atom. The number of thioether (sulfide) groups is 1. The van der Waals surface area contributed by atoms with E-state index < -0.39 is 0 Å². The van der Waals surface area contributed by atoms with Gasteiger partial charge in [-0.25, -0.2) is 0 Å². The molecule has 0 aromatic heterocycles. The largest absolute Gasteiger partial charge is 0.466 e. The van der Waals surface area contributed by atoms with Crippen molar-refractivity contribution < 1.29 is 9.53 Å². The minimum Gasteiger partial charge on any atom is -0.466 e. The van der Waals surface area contributed by atoms with Gasteiger partial charge in [0.15, 0.2) is 0 Å². The lowest BCUT2D eigenvalue weighted by molar-refractivity contribution is -0.142. The molecule has 1 aliphatic rings. The van der Waals surface area contributed by atoms with Crippen molar-refractivity contribution in [3.05, 3.63) is 0 Å². The number of hydrogen-bond donors (Lipinski definition) is 0. The summed E-state index contributed by atoms with van der Waals surface area (Å²) in [6.07, 6.45) is 6.14. The molecule has 0 aromatic carbocycles. The summed E-state index contributed by atoms with van der Waals surface area (Å²) in [4.78, 5) is 11.2. The van der Waals surface area contributed by atoms with Crippen molar-refractivity contribution >= 4 is 17.7 Å². The third kappa shape index (κ3) is 5.45. The van der Waals surface area contributed by atoms with Gasteiger partial charge >= 0.3 is 5.97 Å². The minimum atomic E-state index is -0.0519. The van der Waals surface area contributed by atoms with Gasteiger partial charge in [-0.05, 0) is 31.4 Å². The summed E-state index contributed by atoms with van der Waals surface area (Å²) >= 11 is 1.93. The SMILES string of the molecule is CCOC(=O)CC(C)SCC1CCCC1. The molecule has 15 heavy (non-hydrogen) atoms. The summed E-state index contributed by atoms with van der Waals surface area (Å²) in [5, 5.41) is 0.407. The van der Waals surface area contributed by atoms with Gasteiger partial charge < -0.3 is 4.74 Å². The summed E-state index contributed by atoms with van der Waals surface area (Å²) in [5.41, 5.74) is 0. The molecule has 0 aliphatic heterocycles. The maximum absolute atomic E-state index is 11.2. The summed E-state index contributed by atoms with van der Waals surface area (Å²) < 4.78 is 4.93. The zero-order valence-electron chi connectivity index (χ0n) is 9.83. The van der Waals surface area contributed by atoms with Gasteiger partial charge in [0, 0.05) is 5.25 Å². The van der Waals surface area contributed by atoms with Gasteiger partial charge in [0.1, 0.15) is 0 Å². The Morgan fingerprint density at radius 1 is 1.47 bits per heavy atom. The van der Waals surface area contributed by atoms with Crippen LogP contribution >= 0.6 is 11.8 Å². The second kappa shape index (κ2) is 7.15. The van der Waals surface area contributed by atoms with Crippen LogP contribution in [0, 0.1) is 5.92 Å². The molecule has 0 amide bonds. The first kappa shape index (κ1) is 12.9. The summed E-state index contributed by atoms with van der Waals surface area (Å²) in [6, 6.07) is 0. The number of hydrogen-bond acceptors (Lipinski definition) is 3. The summed E-state index contributed by atoms with van der Waals surface area (Å²) in [6.45, 7) is 4.48. The lowest BCUT2D eigenvalue weighted by atomic mass is 10.1. The second-order valence-electron chi connectivity index (χ2n) is 4.30. The van der Waals surface area contributed by atoms with E-state index in [1.165, 1.54) is 31.4 Å². The third-order valence-electron chi connectivity index (χ3n) is 2.85. The van der Waals surface area contributed by atoms with Crippen LogP contribution in [-0.2, 0) is 9.53 Å². The molecule has 0 saturated heterocycles. The van der Waals surface area contributed by atoms with E-state index in [0.717, 1.165) is 5.92 Å². The first-order chi connectivity index (χ1) is 7.22. The second-order valence-corrected chi connectivity index (χ2v) is 5.77. The van der Waals surface area contributed by atoms with Gasteiger partial charge in [-0.1, -0.05) is 19.8 Å². The van der Waals surface area contributed by atoms with Crippen LogP contribution in [0.15, 0.2) is 0 Å². The molecule has 1 unspecified atom stereocenters. The van der Waals surface area contributed by atoms with Gasteiger partial charge in [0.2, 0.25) is 0 Å². The van der Waals surface area contributed by atoms with Crippen LogP contribution in [0.25, 0.3) is 0 Å². The molecule has 2 nitrogen and oxygen atoms in total. The standard InChI is InChI=1S/C12H22O2S/c1-3-14-12(13)8-10(2)15-9-11-6-4-5-7-11/h10-11H,3-9H2,1-2H3. The van der Waals surface area contributed by atoms with E-state index in [0.29, 0.717) is 18.3 Å². The van der Waals surface area contributed by atoms with Gasteiger partial charge in [-0.3, -0.25) is 4.79 Å². The van der Waals surface area contributed by atoms with Crippen molar-refractivity contribution in [1.82, 2.24) is 0 Å². The molecule has 1 atom stereocenters. The first-order valence-corrected chi connectivity index (χ1v) is 7.04. The highest BCUT2D eigenvalue weighted by molar-refractivity contribution is 7.99. The van der Waals surface area contributed by atoms with Crippen LogP contribution in [0.4, 0.5) is 0 Å². The zero-order valence-corrected chi connectivity index (χ0v) is 10.6. The molecule has 1 rings (SSSR count). The highest BCUT2D eigenvalue weighted by atomic mass is 32.2. The number of carbonyl (C=O) groups is 1. The van der Waals surface area contributed by atoms with Crippen LogP contribution in [-0.4, -0.2) is 23.6 Å². The quantitative estimate of drug-likeness (QED) is 0.655. The van der Waals surface area contributed by atoms with Crippen molar-refractivity contribution in [1.29, 1.82) is 0 Å². The smallest absolute Gasteiger partial charge is 0.306 e. The van der Waals surface area contributed by atoms with E-state index in [4.69, 9.17) is 4.74 Å². The number of esters is 1. The van der Waals surface area contributed by atoms with Crippen LogP contribution in [0.1, 0.15) is 46.0 Å². The highest BCUT2D eigenvalue weighted by Crippen LogP contribution is 2.29. The molecule has 0 spiro atoms. The monoisotopic (exact) mass is 230 g/mol. The van der Waals surface area contributed by atoms with Crippen molar-refractivity contribution in [2.75, 3.05) is 12.4 Å². The van der Waals surface area contributed by atoms with Crippen LogP contribution in [0.3, 0.4) is 0 Å². The van der Waals surface area contributed by atoms with Crippen LogP contribution < -0.4 is 0 Å². The van der Waals surface area contributed by atoms with Crippen LogP contribution in [0.5, 0.6) is 0 Å². The molecular weight excluding hydrogens is 208 g/mol. The molecule has 3 heteroatoms. The topological polar surface area (TPSA) is 26.3 Å². The third-order valence-corrected chi connectivity index (χ3v) is 4.25. The first-order valence-electron chi connectivity index (χ1n) is 5.99. The molecule has 1 fully saturated rings. The Balaban J connectivity index is 2.06. The van der Waals surface area contributed by atoms with Crippen molar-refractivity contribution in [3.63, 3.8) is 0 Å². The minimum absolute atomic E-state index is 0.0519. The van der Waals surface area contributed by atoms with Crippen molar-refractivity contribution in [2.24, 2.45) is 5.92 Å². The highest BCUT2D eigenvalue weighted by Gasteiger charge is 2.17. The molecule has 1 saturated carbocycles. The van der Waals surface area contributed by atoms with E-state index in [2.05, 4.69) is 6.92 Å². The molecule has 0 bridgehead atoms. The van der Waals surface area contributed by atoms with Crippen molar-refractivity contribution in [3.8, 4) is 0 Å². The Morgan fingerprint density at radius 3 is 2.73 bits per heavy atom. The van der Waals surface area contributed by atoms with E-state index >= 15 is 0 Å². The molecule has 0 radical (unpaired) electrons. The van der Waals surface area contributed by atoms with E-state index in [1.807, 2.05) is 18.7 Å². The Labute approximate surface area is 97.1 Å². The number of carbonyl (C=O) groups excluding carboxylic acids is 1. The molecule has 1 aliphatic carbocycles.